The van der Waals surface area contributed by atoms with Crippen molar-refractivity contribution >= 4 is 21.4 Å². The van der Waals surface area contributed by atoms with Gasteiger partial charge in [0.25, 0.3) is 0 Å². The molecule has 1 aromatic heterocycles. The molecule has 16 heavy (non-hydrogen) atoms. The molecule has 1 saturated heterocycles. The molecule has 0 unspecified atom stereocenters. The Morgan fingerprint density at radius 3 is 2.81 bits per heavy atom. The number of nitrogens with one attached hydrogen (secondary N) is 1. The first-order chi connectivity index (χ1) is 7.92. The second-order valence-corrected chi connectivity index (χ2v) is 5.82. The van der Waals surface area contributed by atoms with Gasteiger partial charge in [0.1, 0.15) is 0 Å². The van der Waals surface area contributed by atoms with Gasteiger partial charge in [0.15, 0.2) is 0 Å². The first-order valence-corrected chi connectivity index (χ1v) is 6.91. The van der Waals surface area contributed by atoms with Crippen molar-refractivity contribution in [3.8, 4) is 0 Å². The second kappa shape index (κ2) is 4.56. The summed E-state index contributed by atoms with van der Waals surface area (Å²) in [6.07, 6.45) is 3.96. The van der Waals surface area contributed by atoms with Gasteiger partial charge in [-0.2, -0.15) is 0 Å². The van der Waals surface area contributed by atoms with Crippen LogP contribution in [0, 0.1) is 5.92 Å². The Hall–Kier alpha value is -0.860. The van der Waals surface area contributed by atoms with E-state index in [1.165, 1.54) is 42.4 Å². The molecule has 2 heterocycles. The quantitative estimate of drug-likeness (QED) is 0.835. The first-order valence-electron chi connectivity index (χ1n) is 6.10. The maximum absolute atomic E-state index is 3.43. The summed E-state index contributed by atoms with van der Waals surface area (Å²) in [5, 5.41) is 4.84. The molecular weight excluding hydrogens is 214 g/mol. The monoisotopic (exact) mass is 231 g/mol. The van der Waals surface area contributed by atoms with Crippen molar-refractivity contribution in [2.45, 2.75) is 19.3 Å². The minimum absolute atomic E-state index is 0.898. The average molecular weight is 231 g/mol. The summed E-state index contributed by atoms with van der Waals surface area (Å²) in [4.78, 5) is 1.56. The third kappa shape index (κ3) is 2.13. The fourth-order valence-electron chi connectivity index (χ4n) is 2.51. The van der Waals surface area contributed by atoms with Crippen LogP contribution in [0.25, 0.3) is 10.1 Å². The molecule has 1 N–H and O–H groups in total. The van der Waals surface area contributed by atoms with Crippen molar-refractivity contribution < 1.29 is 0 Å². The molecule has 0 radical (unpaired) electrons. The van der Waals surface area contributed by atoms with Gasteiger partial charge >= 0.3 is 0 Å². The lowest BCUT2D eigenvalue weighted by molar-refractivity contribution is 0.374. The molecule has 0 atom stereocenters. The Kier molecular flexibility index (Phi) is 2.94. The fourth-order valence-corrected chi connectivity index (χ4v) is 3.69. The molecule has 0 amide bonds. The standard InChI is InChI=1S/C14H17NS/c1-2-4-14-12(3-1)10-13(16-14)9-11-5-7-15-8-6-11/h1-4,10-11,15H,5-9H2. The minimum atomic E-state index is 0.898. The third-order valence-electron chi connectivity index (χ3n) is 3.43. The molecule has 0 spiro atoms. The van der Waals surface area contributed by atoms with Crippen LogP contribution in [0.5, 0.6) is 0 Å². The van der Waals surface area contributed by atoms with E-state index in [1.807, 2.05) is 11.3 Å². The number of thiophene rings is 1. The van der Waals surface area contributed by atoms with Crippen molar-refractivity contribution in [2.24, 2.45) is 5.92 Å². The summed E-state index contributed by atoms with van der Waals surface area (Å²) in [6, 6.07) is 11.1. The van der Waals surface area contributed by atoms with Crippen LogP contribution >= 0.6 is 11.3 Å². The van der Waals surface area contributed by atoms with E-state index in [-0.39, 0.29) is 0 Å². The van der Waals surface area contributed by atoms with Crippen LogP contribution in [-0.2, 0) is 6.42 Å². The zero-order chi connectivity index (χ0) is 10.8. The van der Waals surface area contributed by atoms with Crippen LogP contribution in [0.2, 0.25) is 0 Å². The van der Waals surface area contributed by atoms with Crippen molar-refractivity contribution in [1.29, 1.82) is 0 Å². The summed E-state index contributed by atoms with van der Waals surface area (Å²) >= 11 is 1.97. The molecule has 0 aliphatic carbocycles. The predicted molar refractivity (Wildman–Crippen MR) is 71.1 cm³/mol. The van der Waals surface area contributed by atoms with Crippen molar-refractivity contribution in [1.82, 2.24) is 5.32 Å². The van der Waals surface area contributed by atoms with E-state index in [2.05, 4.69) is 35.6 Å². The summed E-state index contributed by atoms with van der Waals surface area (Å²) in [5.74, 6) is 0.898. The van der Waals surface area contributed by atoms with Crippen LogP contribution < -0.4 is 5.32 Å². The molecule has 2 aromatic rings. The highest BCUT2D eigenvalue weighted by Crippen LogP contribution is 2.28. The molecule has 1 fully saturated rings. The average Bonchev–Trinajstić information content (AvgIpc) is 2.72. The Morgan fingerprint density at radius 2 is 2.00 bits per heavy atom. The zero-order valence-electron chi connectivity index (χ0n) is 9.41. The Balaban J connectivity index is 1.78. The predicted octanol–water partition coefficient (Wildman–Crippen LogP) is 3.44. The molecule has 84 valence electrons. The second-order valence-electron chi connectivity index (χ2n) is 4.65. The first kappa shape index (κ1) is 10.3. The van der Waals surface area contributed by atoms with Crippen LogP contribution in [0.1, 0.15) is 17.7 Å². The lowest BCUT2D eigenvalue weighted by atomic mass is 9.94. The normalized spacial score (nSPS) is 18.0. The molecule has 3 rings (SSSR count). The Labute approximate surface area is 100 Å². The van der Waals surface area contributed by atoms with E-state index in [1.54, 1.807) is 4.88 Å². The molecule has 1 aliphatic rings. The SMILES string of the molecule is c1ccc2sc(CC3CCNCC3)cc2c1. The van der Waals surface area contributed by atoms with E-state index in [4.69, 9.17) is 0 Å². The molecule has 1 aromatic carbocycles. The molecule has 1 aliphatic heterocycles. The number of hydrogen-bond acceptors (Lipinski definition) is 2. The van der Waals surface area contributed by atoms with E-state index in [0.29, 0.717) is 0 Å². The van der Waals surface area contributed by atoms with Crippen LogP contribution in [0.15, 0.2) is 30.3 Å². The maximum Gasteiger partial charge on any atom is 0.0345 e. The topological polar surface area (TPSA) is 12.0 Å². The van der Waals surface area contributed by atoms with E-state index >= 15 is 0 Å². The maximum atomic E-state index is 3.43. The summed E-state index contributed by atoms with van der Waals surface area (Å²) in [5.41, 5.74) is 0. The number of piperidine rings is 1. The molecule has 1 nitrogen and oxygen atoms in total. The van der Waals surface area contributed by atoms with Crippen LogP contribution in [-0.4, -0.2) is 13.1 Å². The van der Waals surface area contributed by atoms with Gasteiger partial charge in [-0.1, -0.05) is 18.2 Å². The van der Waals surface area contributed by atoms with Gasteiger partial charge in [0, 0.05) is 9.58 Å². The summed E-state index contributed by atoms with van der Waals surface area (Å²) in [7, 11) is 0. The highest BCUT2D eigenvalue weighted by molar-refractivity contribution is 7.19. The summed E-state index contributed by atoms with van der Waals surface area (Å²) in [6.45, 7) is 2.41. The minimum Gasteiger partial charge on any atom is -0.317 e. The smallest absolute Gasteiger partial charge is 0.0345 e. The number of hydrogen-bond donors (Lipinski definition) is 1. The number of rotatable bonds is 2. The molecular formula is C14H17NS. The van der Waals surface area contributed by atoms with Gasteiger partial charge in [0.05, 0.1) is 0 Å². The van der Waals surface area contributed by atoms with E-state index in [0.717, 1.165) is 5.92 Å². The van der Waals surface area contributed by atoms with Gasteiger partial charge in [-0.3, -0.25) is 0 Å². The van der Waals surface area contributed by atoms with Crippen molar-refractivity contribution in [2.75, 3.05) is 13.1 Å². The van der Waals surface area contributed by atoms with E-state index < -0.39 is 0 Å². The van der Waals surface area contributed by atoms with Crippen LogP contribution in [0.3, 0.4) is 0 Å². The lowest BCUT2D eigenvalue weighted by Crippen LogP contribution is -2.28. The van der Waals surface area contributed by atoms with Crippen molar-refractivity contribution in [3.05, 3.63) is 35.2 Å². The largest absolute Gasteiger partial charge is 0.317 e. The molecule has 0 saturated carbocycles. The van der Waals surface area contributed by atoms with Gasteiger partial charge in [-0.15, -0.1) is 11.3 Å². The highest BCUT2D eigenvalue weighted by atomic mass is 32.1. The van der Waals surface area contributed by atoms with Gasteiger partial charge in [-0.25, -0.2) is 0 Å². The zero-order valence-corrected chi connectivity index (χ0v) is 10.2. The number of fused-ring (bicyclic) bond motifs is 1. The van der Waals surface area contributed by atoms with E-state index in [9.17, 15) is 0 Å². The third-order valence-corrected chi connectivity index (χ3v) is 4.56. The fraction of sp³-hybridized carbons (Fsp3) is 0.429. The Morgan fingerprint density at radius 1 is 1.19 bits per heavy atom. The van der Waals surface area contributed by atoms with Crippen molar-refractivity contribution in [3.63, 3.8) is 0 Å². The molecule has 0 bridgehead atoms. The van der Waals surface area contributed by atoms with Gasteiger partial charge < -0.3 is 5.32 Å². The van der Waals surface area contributed by atoms with Gasteiger partial charge in [0.2, 0.25) is 0 Å². The van der Waals surface area contributed by atoms with Crippen LogP contribution in [0.4, 0.5) is 0 Å². The lowest BCUT2D eigenvalue weighted by Gasteiger charge is -2.21. The Bertz CT molecular complexity index is 435. The number of benzene rings is 1. The van der Waals surface area contributed by atoms with Gasteiger partial charge in [-0.05, 0) is 55.8 Å². The highest BCUT2D eigenvalue weighted by Gasteiger charge is 2.14. The summed E-state index contributed by atoms with van der Waals surface area (Å²) < 4.78 is 1.44. The molecule has 2 heteroatoms.